The number of nitrogens with one attached hydrogen (secondary N) is 1. The monoisotopic (exact) mass is 400 g/mol. The highest BCUT2D eigenvalue weighted by Gasteiger charge is 2.54. The van der Waals surface area contributed by atoms with E-state index in [1.165, 1.54) is 6.92 Å². The number of nitrogens with zero attached hydrogens (tertiary/aromatic N) is 2. The lowest BCUT2D eigenvalue weighted by molar-refractivity contribution is -0.151. The summed E-state index contributed by atoms with van der Waals surface area (Å²) in [6.07, 6.45) is -1.17. The number of Topliss-reactive ketones (excluding diaryl/α,β-unsaturated/α-hetero) is 1. The van der Waals surface area contributed by atoms with Crippen molar-refractivity contribution in [3.05, 3.63) is 16.2 Å². The van der Waals surface area contributed by atoms with E-state index in [2.05, 4.69) is 15.2 Å². The molecule has 0 radical (unpaired) electrons. The Kier molecular flexibility index (Phi) is 6.15. The highest BCUT2D eigenvalue weighted by molar-refractivity contribution is 8.00. The summed E-state index contributed by atoms with van der Waals surface area (Å²) in [4.78, 5) is 69.9. The molecular weight excluding hydrogens is 384 g/mol. The van der Waals surface area contributed by atoms with Gasteiger partial charge in [-0.1, -0.05) is 6.92 Å². The highest BCUT2D eigenvalue weighted by atomic mass is 32.2. The first kappa shape index (κ1) is 20.4. The van der Waals surface area contributed by atoms with E-state index in [1.807, 2.05) is 0 Å². The zero-order valence-corrected chi connectivity index (χ0v) is 14.9. The molecule has 0 aromatic carbocycles. The Balaban J connectivity index is 2.16. The lowest BCUT2D eigenvalue weighted by Crippen LogP contribution is -2.71. The van der Waals surface area contributed by atoms with Gasteiger partial charge in [-0.15, -0.1) is 16.7 Å². The minimum atomic E-state index is -1.76. The smallest absolute Gasteiger partial charge is 0.404 e. The summed E-state index contributed by atoms with van der Waals surface area (Å²) in [5.74, 6) is -3.74. The molecule has 0 bridgehead atoms. The zero-order chi connectivity index (χ0) is 20.3. The number of ketones is 1. The first-order chi connectivity index (χ1) is 12.7. The number of ether oxygens (including phenoxy) is 1. The maximum absolute atomic E-state index is 12.4. The molecule has 1 saturated heterocycles. The van der Waals surface area contributed by atoms with Crippen LogP contribution in [0.25, 0.3) is 0 Å². The summed E-state index contributed by atoms with van der Waals surface area (Å²) < 4.78 is 4.59. The molecule has 2 aliphatic rings. The summed E-state index contributed by atoms with van der Waals surface area (Å²) in [6.45, 7) is 1.07. The van der Waals surface area contributed by atoms with Crippen LogP contribution in [-0.4, -0.2) is 69.5 Å². The van der Waals surface area contributed by atoms with Crippen molar-refractivity contribution in [3.8, 4) is 0 Å². The van der Waals surface area contributed by atoms with E-state index in [0.717, 1.165) is 16.7 Å². The first-order valence-electron chi connectivity index (χ1n) is 7.70. The number of aliphatic carboxylic acids is 1. The molecule has 3 atom stereocenters. The summed E-state index contributed by atoms with van der Waals surface area (Å²) in [5, 5.41) is 13.4. The van der Waals surface area contributed by atoms with Crippen molar-refractivity contribution >= 4 is 41.4 Å². The number of carboxylic acids is 1. The van der Waals surface area contributed by atoms with Gasteiger partial charge in [0.1, 0.15) is 23.7 Å². The van der Waals surface area contributed by atoms with Crippen LogP contribution in [-0.2, 0) is 23.9 Å². The molecule has 4 N–H and O–H groups in total. The number of nitroso groups, excluding NO2 is 1. The predicted octanol–water partition coefficient (Wildman–Crippen LogP) is -1.07. The second-order valence-corrected chi connectivity index (χ2v) is 6.69. The first-order valence-corrected chi connectivity index (χ1v) is 8.75. The number of carbonyl (C=O) groups excluding carboxylic acids is 4. The molecule has 2 heterocycles. The van der Waals surface area contributed by atoms with Gasteiger partial charge < -0.3 is 20.9 Å². The topological polar surface area (TPSA) is 186 Å². The predicted molar refractivity (Wildman–Crippen MR) is 90.1 cm³/mol. The second-order valence-electron chi connectivity index (χ2n) is 5.59. The van der Waals surface area contributed by atoms with E-state index in [1.54, 1.807) is 0 Å². The molecule has 0 spiro atoms. The standard InChI is InChI=1S/C14H16N4O8S/c1-2-6(19)7(17-25)10(20)16-8-11(21)18-9(13(22)23)5(3-26-14(15)24)4-27-12(8)18/h7-8,12H,2-4H2,1H3,(H2,15,24)(H,16,20)(H,22,23)/t7?,8-,12+/m1/s1. The molecule has 0 aromatic rings. The normalized spacial score (nSPS) is 22.3. The maximum Gasteiger partial charge on any atom is 0.404 e. The number of hydrogen-bond donors (Lipinski definition) is 3. The second kappa shape index (κ2) is 8.16. The highest BCUT2D eigenvalue weighted by Crippen LogP contribution is 2.40. The molecule has 146 valence electrons. The van der Waals surface area contributed by atoms with Crippen molar-refractivity contribution < 1.29 is 33.8 Å². The Morgan fingerprint density at radius 2 is 2.11 bits per heavy atom. The summed E-state index contributed by atoms with van der Waals surface area (Å²) in [5.41, 5.74) is 4.68. The van der Waals surface area contributed by atoms with Gasteiger partial charge in [-0.25, -0.2) is 9.59 Å². The van der Waals surface area contributed by atoms with E-state index in [4.69, 9.17) is 5.73 Å². The number of thioether (sulfide) groups is 1. The van der Waals surface area contributed by atoms with Crippen LogP contribution in [0.2, 0.25) is 0 Å². The van der Waals surface area contributed by atoms with Crippen molar-refractivity contribution in [2.75, 3.05) is 12.4 Å². The van der Waals surface area contributed by atoms with Gasteiger partial charge in [0.15, 0.2) is 5.78 Å². The van der Waals surface area contributed by atoms with Crippen molar-refractivity contribution in [1.29, 1.82) is 0 Å². The lowest BCUT2D eigenvalue weighted by atomic mass is 10.0. The van der Waals surface area contributed by atoms with Crippen LogP contribution < -0.4 is 11.1 Å². The Morgan fingerprint density at radius 1 is 1.44 bits per heavy atom. The third-order valence-electron chi connectivity index (χ3n) is 3.94. The lowest BCUT2D eigenvalue weighted by Gasteiger charge is -2.49. The largest absolute Gasteiger partial charge is 0.477 e. The number of carboxylic acid groups (broad SMARTS) is 1. The fourth-order valence-corrected chi connectivity index (χ4v) is 3.96. The van der Waals surface area contributed by atoms with E-state index < -0.39 is 47.1 Å². The number of fused-ring (bicyclic) bond motifs is 1. The van der Waals surface area contributed by atoms with Gasteiger partial charge in [0.25, 0.3) is 11.8 Å². The molecule has 1 unspecified atom stereocenters. The van der Waals surface area contributed by atoms with Crippen molar-refractivity contribution in [2.24, 2.45) is 10.9 Å². The van der Waals surface area contributed by atoms with Gasteiger partial charge in [0, 0.05) is 17.7 Å². The number of carbonyl (C=O) groups is 5. The molecule has 0 aromatic heterocycles. The Bertz CT molecular complexity index is 751. The van der Waals surface area contributed by atoms with Gasteiger partial charge in [0.05, 0.1) is 0 Å². The van der Waals surface area contributed by atoms with Gasteiger partial charge in [-0.05, 0) is 5.18 Å². The number of β-lactam (4-membered cyclic amide) rings is 1. The third-order valence-corrected chi connectivity index (χ3v) is 5.28. The molecule has 1 fully saturated rings. The van der Waals surface area contributed by atoms with E-state index in [9.17, 15) is 34.0 Å². The molecule has 13 heteroatoms. The maximum atomic E-state index is 12.4. The van der Waals surface area contributed by atoms with Gasteiger partial charge in [0.2, 0.25) is 6.04 Å². The van der Waals surface area contributed by atoms with Crippen molar-refractivity contribution in [1.82, 2.24) is 10.2 Å². The van der Waals surface area contributed by atoms with Crippen LogP contribution in [0.1, 0.15) is 13.3 Å². The van der Waals surface area contributed by atoms with Crippen LogP contribution in [0.3, 0.4) is 0 Å². The van der Waals surface area contributed by atoms with Crippen LogP contribution in [0.4, 0.5) is 4.79 Å². The summed E-state index contributed by atoms with van der Waals surface area (Å²) >= 11 is 1.12. The molecule has 3 amide bonds. The number of amides is 3. The summed E-state index contributed by atoms with van der Waals surface area (Å²) in [7, 11) is 0. The molecule has 0 aliphatic carbocycles. The Hall–Kier alpha value is -2.96. The van der Waals surface area contributed by atoms with Crippen LogP contribution in [0.15, 0.2) is 16.4 Å². The van der Waals surface area contributed by atoms with Crippen molar-refractivity contribution in [3.63, 3.8) is 0 Å². The van der Waals surface area contributed by atoms with Crippen LogP contribution >= 0.6 is 11.8 Å². The van der Waals surface area contributed by atoms with E-state index in [0.29, 0.717) is 0 Å². The van der Waals surface area contributed by atoms with E-state index in [-0.39, 0.29) is 30.1 Å². The number of rotatable bonds is 8. The Labute approximate surface area is 156 Å². The minimum Gasteiger partial charge on any atom is -0.477 e. The van der Waals surface area contributed by atoms with Gasteiger partial charge >= 0.3 is 12.1 Å². The fraction of sp³-hybridized carbons (Fsp3) is 0.500. The molecular formula is C14H16N4O8S. The van der Waals surface area contributed by atoms with Gasteiger partial charge in [-0.2, -0.15) is 0 Å². The number of primary amides is 1. The third kappa shape index (κ3) is 3.92. The fourth-order valence-electron chi connectivity index (χ4n) is 2.63. The molecule has 2 rings (SSSR count). The van der Waals surface area contributed by atoms with Crippen LogP contribution in [0.5, 0.6) is 0 Å². The molecule has 12 nitrogen and oxygen atoms in total. The molecule has 2 aliphatic heterocycles. The minimum absolute atomic E-state index is 0.0815. The number of hydrogen-bond acceptors (Lipinski definition) is 9. The quantitative estimate of drug-likeness (QED) is 0.259. The van der Waals surface area contributed by atoms with Crippen molar-refractivity contribution in [2.45, 2.75) is 30.8 Å². The van der Waals surface area contributed by atoms with Crippen LogP contribution in [0, 0.1) is 4.91 Å². The average Bonchev–Trinajstić information content (AvgIpc) is 2.63. The molecule has 0 saturated carbocycles. The van der Waals surface area contributed by atoms with E-state index >= 15 is 0 Å². The number of nitrogens with two attached hydrogens (primary N) is 1. The van der Waals surface area contributed by atoms with Gasteiger partial charge in [-0.3, -0.25) is 19.3 Å². The SMILES string of the molecule is CCC(=O)C(N=O)C(=O)N[C@@H]1C(=O)N2C(C(=O)O)=C(COC(N)=O)CS[C@@H]12. The summed E-state index contributed by atoms with van der Waals surface area (Å²) in [6, 6.07) is -2.87. The zero-order valence-electron chi connectivity index (χ0n) is 14.0. The molecule has 27 heavy (non-hydrogen) atoms. The Morgan fingerprint density at radius 3 is 2.63 bits per heavy atom. The average molecular weight is 400 g/mol.